The van der Waals surface area contributed by atoms with Crippen LogP contribution in [0.15, 0.2) is 42.0 Å². The maximum absolute atomic E-state index is 9.70. The summed E-state index contributed by atoms with van der Waals surface area (Å²) in [5, 5.41) is 9.70. The lowest BCUT2D eigenvalue weighted by atomic mass is 10.0. The van der Waals surface area contributed by atoms with Crippen LogP contribution in [0, 0.1) is 0 Å². The van der Waals surface area contributed by atoms with Crippen molar-refractivity contribution in [3.8, 4) is 0 Å². The average Bonchev–Trinajstić information content (AvgIpc) is 2.18. The van der Waals surface area contributed by atoms with E-state index in [1.54, 1.807) is 0 Å². The van der Waals surface area contributed by atoms with Gasteiger partial charge >= 0.3 is 0 Å². The van der Waals surface area contributed by atoms with Crippen LogP contribution in [-0.4, -0.2) is 11.2 Å². The number of aliphatic hydroxyl groups excluding tert-OH is 1. The molecule has 0 spiro atoms. The van der Waals surface area contributed by atoms with E-state index in [9.17, 15) is 5.11 Å². The standard InChI is InChI=1S/C12H16O/c1-3-10(2)12(13)9-11-7-5-4-6-8-11/h3-8,12-13H,9H2,1-2H3. The van der Waals surface area contributed by atoms with Crippen LogP contribution in [0.25, 0.3) is 0 Å². The van der Waals surface area contributed by atoms with Crippen molar-refractivity contribution in [2.75, 3.05) is 0 Å². The lowest BCUT2D eigenvalue weighted by Crippen LogP contribution is -2.11. The molecule has 0 saturated carbocycles. The van der Waals surface area contributed by atoms with Crippen LogP contribution in [0.5, 0.6) is 0 Å². The highest BCUT2D eigenvalue weighted by Crippen LogP contribution is 2.09. The first-order chi connectivity index (χ1) is 6.24. The Morgan fingerprint density at radius 2 is 2.00 bits per heavy atom. The van der Waals surface area contributed by atoms with Crippen molar-refractivity contribution in [3.05, 3.63) is 47.5 Å². The largest absolute Gasteiger partial charge is 0.388 e. The van der Waals surface area contributed by atoms with Crippen LogP contribution in [0.3, 0.4) is 0 Å². The first-order valence-corrected chi connectivity index (χ1v) is 4.59. The highest BCUT2D eigenvalue weighted by atomic mass is 16.3. The summed E-state index contributed by atoms with van der Waals surface area (Å²) in [6, 6.07) is 10.0. The van der Waals surface area contributed by atoms with E-state index in [2.05, 4.69) is 0 Å². The van der Waals surface area contributed by atoms with Crippen LogP contribution in [0.1, 0.15) is 19.4 Å². The minimum atomic E-state index is -0.340. The topological polar surface area (TPSA) is 20.2 Å². The number of benzene rings is 1. The molecule has 0 aliphatic rings. The van der Waals surface area contributed by atoms with Crippen molar-refractivity contribution in [1.29, 1.82) is 0 Å². The summed E-state index contributed by atoms with van der Waals surface area (Å²) in [5.41, 5.74) is 2.21. The second-order valence-electron chi connectivity index (χ2n) is 3.24. The highest BCUT2D eigenvalue weighted by molar-refractivity contribution is 5.18. The predicted octanol–water partition coefficient (Wildman–Crippen LogP) is 2.56. The molecule has 0 saturated heterocycles. The number of aliphatic hydroxyl groups is 1. The van der Waals surface area contributed by atoms with Gasteiger partial charge in [0.05, 0.1) is 6.10 Å². The van der Waals surface area contributed by atoms with E-state index in [-0.39, 0.29) is 6.10 Å². The molecule has 0 aliphatic carbocycles. The Balaban J connectivity index is 2.60. The van der Waals surface area contributed by atoms with Crippen molar-refractivity contribution in [1.82, 2.24) is 0 Å². The summed E-state index contributed by atoms with van der Waals surface area (Å²) < 4.78 is 0. The third kappa shape index (κ3) is 3.03. The molecule has 1 nitrogen and oxygen atoms in total. The molecule has 0 radical (unpaired) electrons. The van der Waals surface area contributed by atoms with Gasteiger partial charge < -0.3 is 5.11 Å². The fraction of sp³-hybridized carbons (Fsp3) is 0.333. The summed E-state index contributed by atoms with van der Waals surface area (Å²) in [6.07, 6.45) is 2.32. The summed E-state index contributed by atoms with van der Waals surface area (Å²) in [6.45, 7) is 3.90. The van der Waals surface area contributed by atoms with Gasteiger partial charge in [-0.3, -0.25) is 0 Å². The molecule has 0 fully saturated rings. The Hall–Kier alpha value is -1.08. The van der Waals surface area contributed by atoms with Gasteiger partial charge in [-0.05, 0) is 25.0 Å². The van der Waals surface area contributed by atoms with E-state index in [1.807, 2.05) is 50.3 Å². The second kappa shape index (κ2) is 4.83. The molecule has 70 valence electrons. The van der Waals surface area contributed by atoms with Gasteiger partial charge in [0.1, 0.15) is 0 Å². The number of hydrogen-bond acceptors (Lipinski definition) is 1. The fourth-order valence-electron chi connectivity index (χ4n) is 1.19. The summed E-state index contributed by atoms with van der Waals surface area (Å²) in [7, 11) is 0. The molecule has 0 heterocycles. The lowest BCUT2D eigenvalue weighted by Gasteiger charge is -2.10. The Labute approximate surface area is 79.7 Å². The molecule has 1 aromatic carbocycles. The Morgan fingerprint density at radius 3 is 2.54 bits per heavy atom. The molecule has 0 amide bonds. The Morgan fingerprint density at radius 1 is 1.38 bits per heavy atom. The molecule has 1 heteroatoms. The van der Waals surface area contributed by atoms with Gasteiger partial charge in [-0.25, -0.2) is 0 Å². The monoisotopic (exact) mass is 176 g/mol. The van der Waals surface area contributed by atoms with E-state index in [4.69, 9.17) is 0 Å². The molecule has 1 unspecified atom stereocenters. The molecular weight excluding hydrogens is 160 g/mol. The SMILES string of the molecule is CC=C(C)C(O)Cc1ccccc1. The van der Waals surface area contributed by atoms with Crippen molar-refractivity contribution >= 4 is 0 Å². The van der Waals surface area contributed by atoms with Crippen LogP contribution in [0.2, 0.25) is 0 Å². The van der Waals surface area contributed by atoms with Crippen LogP contribution >= 0.6 is 0 Å². The van der Waals surface area contributed by atoms with E-state index >= 15 is 0 Å². The Kier molecular flexibility index (Phi) is 3.71. The van der Waals surface area contributed by atoms with E-state index in [0.717, 1.165) is 5.57 Å². The minimum absolute atomic E-state index is 0.340. The maximum Gasteiger partial charge on any atom is 0.0787 e. The van der Waals surface area contributed by atoms with E-state index in [0.29, 0.717) is 6.42 Å². The van der Waals surface area contributed by atoms with Crippen LogP contribution < -0.4 is 0 Å². The molecule has 1 aromatic rings. The second-order valence-corrected chi connectivity index (χ2v) is 3.24. The molecule has 13 heavy (non-hydrogen) atoms. The molecule has 0 bridgehead atoms. The average molecular weight is 176 g/mol. The molecule has 1 rings (SSSR count). The zero-order valence-corrected chi connectivity index (χ0v) is 8.20. The molecule has 0 aliphatic heterocycles. The van der Waals surface area contributed by atoms with Crippen molar-refractivity contribution in [2.45, 2.75) is 26.4 Å². The fourth-order valence-corrected chi connectivity index (χ4v) is 1.19. The highest BCUT2D eigenvalue weighted by Gasteiger charge is 2.05. The van der Waals surface area contributed by atoms with Crippen molar-refractivity contribution in [2.24, 2.45) is 0 Å². The zero-order valence-electron chi connectivity index (χ0n) is 8.20. The third-order valence-electron chi connectivity index (χ3n) is 2.25. The van der Waals surface area contributed by atoms with Crippen LogP contribution in [0.4, 0.5) is 0 Å². The van der Waals surface area contributed by atoms with E-state index < -0.39 is 0 Å². The number of hydrogen-bond donors (Lipinski definition) is 1. The van der Waals surface area contributed by atoms with Crippen molar-refractivity contribution in [3.63, 3.8) is 0 Å². The first-order valence-electron chi connectivity index (χ1n) is 4.59. The van der Waals surface area contributed by atoms with Gasteiger partial charge in [0, 0.05) is 6.42 Å². The molecule has 1 atom stereocenters. The first kappa shape index (κ1) is 10.0. The lowest BCUT2D eigenvalue weighted by molar-refractivity contribution is 0.211. The molecule has 0 aromatic heterocycles. The predicted molar refractivity (Wildman–Crippen MR) is 55.6 cm³/mol. The van der Waals surface area contributed by atoms with Crippen LogP contribution in [-0.2, 0) is 6.42 Å². The quantitative estimate of drug-likeness (QED) is 0.702. The number of rotatable bonds is 3. The minimum Gasteiger partial charge on any atom is -0.388 e. The summed E-state index contributed by atoms with van der Waals surface area (Å²) in [5.74, 6) is 0. The summed E-state index contributed by atoms with van der Waals surface area (Å²) >= 11 is 0. The van der Waals surface area contributed by atoms with Crippen molar-refractivity contribution < 1.29 is 5.11 Å². The summed E-state index contributed by atoms with van der Waals surface area (Å²) in [4.78, 5) is 0. The normalized spacial score (nSPS) is 14.2. The maximum atomic E-state index is 9.70. The smallest absolute Gasteiger partial charge is 0.0787 e. The molecular formula is C12H16O. The van der Waals surface area contributed by atoms with Gasteiger partial charge in [0.2, 0.25) is 0 Å². The molecule has 1 N–H and O–H groups in total. The van der Waals surface area contributed by atoms with Gasteiger partial charge in [-0.2, -0.15) is 0 Å². The van der Waals surface area contributed by atoms with E-state index in [1.165, 1.54) is 5.56 Å². The Bertz CT molecular complexity index is 274. The van der Waals surface area contributed by atoms with Gasteiger partial charge in [-0.15, -0.1) is 0 Å². The number of allylic oxidation sites excluding steroid dienone is 1. The van der Waals surface area contributed by atoms with Gasteiger partial charge in [-0.1, -0.05) is 36.4 Å². The van der Waals surface area contributed by atoms with Gasteiger partial charge in [0.15, 0.2) is 0 Å². The van der Waals surface area contributed by atoms with Gasteiger partial charge in [0.25, 0.3) is 0 Å². The zero-order chi connectivity index (χ0) is 9.68. The third-order valence-corrected chi connectivity index (χ3v) is 2.25.